The maximum absolute atomic E-state index is 14.1. The molecule has 1 aliphatic carbocycles. The predicted octanol–water partition coefficient (Wildman–Crippen LogP) is 3.96. The summed E-state index contributed by atoms with van der Waals surface area (Å²) in [5, 5.41) is 3.20. The van der Waals surface area contributed by atoms with Crippen molar-refractivity contribution in [2.24, 2.45) is 5.92 Å². The van der Waals surface area contributed by atoms with Crippen LogP contribution in [0.4, 0.5) is 8.78 Å². The average molecular weight is 295 g/mol. The van der Waals surface area contributed by atoms with E-state index in [-0.39, 0.29) is 17.6 Å². The van der Waals surface area contributed by atoms with Crippen molar-refractivity contribution >= 4 is 0 Å². The summed E-state index contributed by atoms with van der Waals surface area (Å²) in [5.41, 5.74) is 0.430. The maximum Gasteiger partial charge on any atom is 0.163 e. The van der Waals surface area contributed by atoms with Crippen LogP contribution >= 0.6 is 0 Å². The third kappa shape index (κ3) is 2.84. The number of hydrogen-bond acceptors (Lipinski definition) is 2. The van der Waals surface area contributed by atoms with Gasteiger partial charge in [-0.1, -0.05) is 25.0 Å². The second-order valence-corrected chi connectivity index (χ2v) is 6.40. The fourth-order valence-electron chi connectivity index (χ4n) is 4.12. The van der Waals surface area contributed by atoms with E-state index in [1.165, 1.54) is 18.9 Å². The number of halogens is 2. The van der Waals surface area contributed by atoms with Crippen LogP contribution in [0, 0.1) is 17.6 Å². The molecule has 1 aromatic carbocycles. The lowest BCUT2D eigenvalue weighted by molar-refractivity contribution is -0.0980. The van der Waals surface area contributed by atoms with Gasteiger partial charge >= 0.3 is 0 Å². The molecular formula is C17H23F2NO. The van der Waals surface area contributed by atoms with Crippen LogP contribution in [0.15, 0.2) is 18.2 Å². The van der Waals surface area contributed by atoms with Crippen LogP contribution in [0.3, 0.4) is 0 Å². The van der Waals surface area contributed by atoms with E-state index in [1.54, 1.807) is 12.1 Å². The summed E-state index contributed by atoms with van der Waals surface area (Å²) < 4.78 is 33.7. The molecule has 0 bridgehead atoms. The zero-order chi connectivity index (χ0) is 14.9. The second-order valence-electron chi connectivity index (χ2n) is 6.40. The van der Waals surface area contributed by atoms with E-state index in [2.05, 4.69) is 5.32 Å². The third-order valence-corrected chi connectivity index (χ3v) is 5.14. The molecule has 3 rings (SSSR count). The third-order valence-electron chi connectivity index (χ3n) is 5.14. The molecule has 0 radical (unpaired) electrons. The summed E-state index contributed by atoms with van der Waals surface area (Å²) in [5.74, 6) is -1.20. The summed E-state index contributed by atoms with van der Waals surface area (Å²) in [6, 6.07) is 4.30. The number of nitrogens with one attached hydrogen (secondary N) is 1. The SMILES string of the molecule is CNC(c1cccc(F)c1F)C1CCOC2(CCCC2)C1. The van der Waals surface area contributed by atoms with Gasteiger partial charge in [-0.2, -0.15) is 0 Å². The highest BCUT2D eigenvalue weighted by Gasteiger charge is 2.42. The van der Waals surface area contributed by atoms with Crippen molar-refractivity contribution in [3.05, 3.63) is 35.4 Å². The lowest BCUT2D eigenvalue weighted by Gasteiger charge is -2.41. The van der Waals surface area contributed by atoms with Gasteiger partial charge in [-0.05, 0) is 44.7 Å². The standard InChI is InChI=1S/C17H23F2NO/c1-20-16(13-5-4-6-14(18)15(13)19)12-7-10-21-17(11-12)8-2-3-9-17/h4-6,12,16,20H,2-3,7-11H2,1H3. The monoisotopic (exact) mass is 295 g/mol. The fourth-order valence-corrected chi connectivity index (χ4v) is 4.12. The highest BCUT2D eigenvalue weighted by atomic mass is 19.2. The molecular weight excluding hydrogens is 272 g/mol. The molecule has 2 nitrogen and oxygen atoms in total. The molecule has 1 aromatic rings. The molecule has 1 saturated heterocycles. The number of rotatable bonds is 3. The molecule has 4 heteroatoms. The first-order valence-corrected chi connectivity index (χ1v) is 7.90. The van der Waals surface area contributed by atoms with E-state index in [9.17, 15) is 8.78 Å². The topological polar surface area (TPSA) is 21.3 Å². The molecule has 2 fully saturated rings. The Bertz CT molecular complexity index is 500. The Morgan fingerprint density at radius 3 is 2.76 bits per heavy atom. The van der Waals surface area contributed by atoms with Crippen molar-refractivity contribution in [1.82, 2.24) is 5.32 Å². The van der Waals surface area contributed by atoms with Gasteiger partial charge in [-0.3, -0.25) is 0 Å². The first-order chi connectivity index (χ1) is 10.2. The van der Waals surface area contributed by atoms with Crippen molar-refractivity contribution in [3.63, 3.8) is 0 Å². The second kappa shape index (κ2) is 6.01. The van der Waals surface area contributed by atoms with Crippen LogP contribution in [0.2, 0.25) is 0 Å². The number of hydrogen-bond donors (Lipinski definition) is 1. The maximum atomic E-state index is 14.1. The number of benzene rings is 1. The van der Waals surface area contributed by atoms with E-state index in [0.29, 0.717) is 5.56 Å². The van der Waals surface area contributed by atoms with Gasteiger partial charge in [0.15, 0.2) is 11.6 Å². The van der Waals surface area contributed by atoms with Gasteiger partial charge in [0.2, 0.25) is 0 Å². The first kappa shape index (κ1) is 14.9. The van der Waals surface area contributed by atoms with Gasteiger partial charge in [0.25, 0.3) is 0 Å². The van der Waals surface area contributed by atoms with Gasteiger partial charge in [0, 0.05) is 18.2 Å². The molecule has 116 valence electrons. The normalized spacial score (nSPS) is 26.1. The molecule has 2 unspecified atom stereocenters. The van der Waals surface area contributed by atoms with Gasteiger partial charge < -0.3 is 10.1 Å². The van der Waals surface area contributed by atoms with Crippen molar-refractivity contribution < 1.29 is 13.5 Å². The Morgan fingerprint density at radius 2 is 2.05 bits per heavy atom. The van der Waals surface area contributed by atoms with Crippen LogP contribution in [-0.4, -0.2) is 19.3 Å². The smallest absolute Gasteiger partial charge is 0.163 e. The molecule has 2 atom stereocenters. The van der Waals surface area contributed by atoms with E-state index < -0.39 is 11.6 Å². The van der Waals surface area contributed by atoms with E-state index in [0.717, 1.165) is 32.3 Å². The lowest BCUT2D eigenvalue weighted by Crippen LogP contribution is -2.41. The Hall–Kier alpha value is -1.00. The van der Waals surface area contributed by atoms with Crippen LogP contribution in [0.1, 0.15) is 50.1 Å². The van der Waals surface area contributed by atoms with Gasteiger partial charge in [-0.15, -0.1) is 0 Å². The number of ether oxygens (including phenoxy) is 1. The molecule has 1 saturated carbocycles. The van der Waals surface area contributed by atoms with Crippen LogP contribution in [0.25, 0.3) is 0 Å². The van der Waals surface area contributed by atoms with Crippen LogP contribution in [0.5, 0.6) is 0 Å². The molecule has 1 spiro atoms. The molecule has 21 heavy (non-hydrogen) atoms. The Kier molecular flexibility index (Phi) is 4.27. The summed E-state index contributed by atoms with van der Waals surface area (Å²) in [6.07, 6.45) is 6.46. The molecule has 0 aromatic heterocycles. The van der Waals surface area contributed by atoms with Gasteiger partial charge in [-0.25, -0.2) is 8.78 Å². The Labute approximate surface area is 124 Å². The van der Waals surface area contributed by atoms with Gasteiger partial charge in [0.05, 0.1) is 5.60 Å². The molecule has 1 N–H and O–H groups in total. The van der Waals surface area contributed by atoms with E-state index >= 15 is 0 Å². The summed E-state index contributed by atoms with van der Waals surface area (Å²) >= 11 is 0. The first-order valence-electron chi connectivity index (χ1n) is 7.90. The zero-order valence-electron chi connectivity index (χ0n) is 12.5. The minimum absolute atomic E-state index is 0.0121. The van der Waals surface area contributed by atoms with E-state index in [4.69, 9.17) is 4.74 Å². The van der Waals surface area contributed by atoms with Crippen molar-refractivity contribution in [2.75, 3.05) is 13.7 Å². The highest BCUT2D eigenvalue weighted by molar-refractivity contribution is 5.23. The van der Waals surface area contributed by atoms with Crippen molar-refractivity contribution in [2.45, 2.75) is 50.2 Å². The van der Waals surface area contributed by atoms with Gasteiger partial charge in [0.1, 0.15) is 0 Å². The largest absolute Gasteiger partial charge is 0.375 e. The average Bonchev–Trinajstić information content (AvgIpc) is 2.92. The fraction of sp³-hybridized carbons (Fsp3) is 0.647. The summed E-state index contributed by atoms with van der Waals surface area (Å²) in [7, 11) is 1.83. The van der Waals surface area contributed by atoms with Crippen LogP contribution in [-0.2, 0) is 4.74 Å². The Balaban J connectivity index is 1.84. The van der Waals surface area contributed by atoms with Crippen molar-refractivity contribution in [3.8, 4) is 0 Å². The molecule has 1 aliphatic heterocycles. The van der Waals surface area contributed by atoms with E-state index in [1.807, 2.05) is 7.05 Å². The zero-order valence-corrected chi connectivity index (χ0v) is 12.5. The highest BCUT2D eigenvalue weighted by Crippen LogP contribution is 2.45. The minimum atomic E-state index is -0.768. The molecule has 1 heterocycles. The minimum Gasteiger partial charge on any atom is -0.375 e. The Morgan fingerprint density at radius 1 is 1.29 bits per heavy atom. The lowest BCUT2D eigenvalue weighted by atomic mass is 9.78. The van der Waals surface area contributed by atoms with Crippen LogP contribution < -0.4 is 5.32 Å². The quantitative estimate of drug-likeness (QED) is 0.911. The molecule has 0 amide bonds. The summed E-state index contributed by atoms with van der Waals surface area (Å²) in [6.45, 7) is 0.722. The van der Waals surface area contributed by atoms with Crippen molar-refractivity contribution in [1.29, 1.82) is 0 Å². The molecule has 2 aliphatic rings. The predicted molar refractivity (Wildman–Crippen MR) is 78.0 cm³/mol. The summed E-state index contributed by atoms with van der Waals surface area (Å²) in [4.78, 5) is 0.